The van der Waals surface area contributed by atoms with Gasteiger partial charge in [0.05, 0.1) is 6.10 Å². The fourth-order valence-electron chi connectivity index (χ4n) is 0.742. The lowest BCUT2D eigenvalue weighted by atomic mass is 10.3. The van der Waals surface area contributed by atoms with Gasteiger partial charge in [0, 0.05) is 12.3 Å². The Bertz CT molecular complexity index is 80.5. The summed E-state index contributed by atoms with van der Waals surface area (Å²) in [4.78, 5) is 0. The predicted molar refractivity (Wildman–Crippen MR) is 51.9 cm³/mol. The van der Waals surface area contributed by atoms with Crippen molar-refractivity contribution < 1.29 is 5.11 Å². The van der Waals surface area contributed by atoms with E-state index in [2.05, 4.69) is 6.92 Å². The number of nitrogens with two attached hydrogens (primary N) is 1. The quantitative estimate of drug-likeness (QED) is 0.575. The SMILES string of the molecule is CCCCCSCC(O)CN. The van der Waals surface area contributed by atoms with E-state index < -0.39 is 0 Å². The van der Waals surface area contributed by atoms with Crippen LogP contribution in [0.5, 0.6) is 0 Å². The second-order valence-corrected chi connectivity index (χ2v) is 3.82. The molecule has 3 heteroatoms. The molecular weight excluding hydrogens is 158 g/mol. The molecule has 0 radical (unpaired) electrons. The topological polar surface area (TPSA) is 46.2 Å². The van der Waals surface area contributed by atoms with Gasteiger partial charge < -0.3 is 10.8 Å². The molecule has 0 aromatic rings. The number of aliphatic hydroxyl groups is 1. The van der Waals surface area contributed by atoms with Crippen LogP contribution < -0.4 is 5.73 Å². The summed E-state index contributed by atoms with van der Waals surface area (Å²) in [6.45, 7) is 2.58. The van der Waals surface area contributed by atoms with Crippen LogP contribution in [0, 0.1) is 0 Å². The van der Waals surface area contributed by atoms with Crippen molar-refractivity contribution in [2.45, 2.75) is 32.3 Å². The van der Waals surface area contributed by atoms with Gasteiger partial charge in [-0.3, -0.25) is 0 Å². The number of rotatable bonds is 7. The number of thioether (sulfide) groups is 1. The molecule has 0 heterocycles. The van der Waals surface area contributed by atoms with Crippen LogP contribution in [0.2, 0.25) is 0 Å². The molecule has 1 atom stereocenters. The molecule has 0 amide bonds. The fourth-order valence-corrected chi connectivity index (χ4v) is 1.72. The molecule has 0 fully saturated rings. The van der Waals surface area contributed by atoms with Crippen molar-refractivity contribution in [3.63, 3.8) is 0 Å². The molecule has 3 N–H and O–H groups in total. The lowest BCUT2D eigenvalue weighted by Gasteiger charge is -2.05. The zero-order valence-corrected chi connectivity index (χ0v) is 8.07. The van der Waals surface area contributed by atoms with Gasteiger partial charge in [-0.25, -0.2) is 0 Å². The summed E-state index contributed by atoms with van der Waals surface area (Å²) in [6.07, 6.45) is 3.52. The minimum absolute atomic E-state index is 0.304. The molecule has 0 aromatic heterocycles. The molecule has 11 heavy (non-hydrogen) atoms. The molecule has 2 nitrogen and oxygen atoms in total. The normalized spacial score (nSPS) is 13.4. The molecule has 1 unspecified atom stereocenters. The molecule has 0 rings (SSSR count). The summed E-state index contributed by atoms with van der Waals surface area (Å²) in [5.74, 6) is 1.95. The van der Waals surface area contributed by atoms with E-state index in [1.807, 2.05) is 0 Å². The van der Waals surface area contributed by atoms with Gasteiger partial charge in [-0.15, -0.1) is 0 Å². The highest BCUT2D eigenvalue weighted by Gasteiger charge is 1.99. The van der Waals surface area contributed by atoms with E-state index >= 15 is 0 Å². The lowest BCUT2D eigenvalue weighted by Crippen LogP contribution is -2.22. The van der Waals surface area contributed by atoms with Crippen LogP contribution in [0.3, 0.4) is 0 Å². The van der Waals surface area contributed by atoms with Gasteiger partial charge in [0.2, 0.25) is 0 Å². The first kappa shape index (κ1) is 11.3. The van der Waals surface area contributed by atoms with Gasteiger partial charge in [-0.2, -0.15) is 11.8 Å². The van der Waals surface area contributed by atoms with Crippen molar-refractivity contribution in [3.8, 4) is 0 Å². The van der Waals surface area contributed by atoms with Crippen LogP contribution in [0.25, 0.3) is 0 Å². The Hall–Kier alpha value is 0.270. The standard InChI is InChI=1S/C8H19NOS/c1-2-3-4-5-11-7-8(10)6-9/h8,10H,2-7,9H2,1H3. The third-order valence-electron chi connectivity index (χ3n) is 1.47. The third-order valence-corrected chi connectivity index (χ3v) is 2.67. The summed E-state index contributed by atoms with van der Waals surface area (Å²) in [5, 5.41) is 9.07. The Balaban J connectivity index is 2.89. The molecule has 0 spiro atoms. The van der Waals surface area contributed by atoms with E-state index in [-0.39, 0.29) is 6.10 Å². The lowest BCUT2D eigenvalue weighted by molar-refractivity contribution is 0.208. The Morgan fingerprint density at radius 3 is 2.73 bits per heavy atom. The number of aliphatic hydroxyl groups excluding tert-OH is 1. The molecular formula is C8H19NOS. The monoisotopic (exact) mass is 177 g/mol. The van der Waals surface area contributed by atoms with Crippen molar-refractivity contribution in [1.82, 2.24) is 0 Å². The Labute approximate surface area is 73.6 Å². The molecule has 0 aliphatic heterocycles. The summed E-state index contributed by atoms with van der Waals surface area (Å²) < 4.78 is 0. The van der Waals surface area contributed by atoms with Crippen LogP contribution in [-0.4, -0.2) is 29.3 Å². The number of unbranched alkanes of at least 4 members (excludes halogenated alkanes) is 2. The van der Waals surface area contributed by atoms with Crippen LogP contribution in [0.15, 0.2) is 0 Å². The first-order valence-corrected chi connectivity index (χ1v) is 5.42. The van der Waals surface area contributed by atoms with Gasteiger partial charge in [-0.05, 0) is 12.2 Å². The van der Waals surface area contributed by atoms with Crippen molar-refractivity contribution in [1.29, 1.82) is 0 Å². The molecule has 0 aliphatic carbocycles. The molecule has 68 valence electrons. The van der Waals surface area contributed by atoms with Gasteiger partial charge >= 0.3 is 0 Å². The van der Waals surface area contributed by atoms with Crippen molar-refractivity contribution >= 4 is 11.8 Å². The molecule has 0 aliphatic rings. The van der Waals surface area contributed by atoms with E-state index in [0.717, 1.165) is 11.5 Å². The number of hydrogen-bond donors (Lipinski definition) is 2. The number of hydrogen-bond acceptors (Lipinski definition) is 3. The van der Waals surface area contributed by atoms with Crippen molar-refractivity contribution in [3.05, 3.63) is 0 Å². The van der Waals surface area contributed by atoms with Gasteiger partial charge in [0.25, 0.3) is 0 Å². The first-order chi connectivity index (χ1) is 5.31. The highest BCUT2D eigenvalue weighted by Crippen LogP contribution is 2.07. The smallest absolute Gasteiger partial charge is 0.0752 e. The predicted octanol–water partition coefficient (Wildman–Crippen LogP) is 1.23. The van der Waals surface area contributed by atoms with E-state index in [9.17, 15) is 0 Å². The second-order valence-electron chi connectivity index (χ2n) is 2.67. The third kappa shape index (κ3) is 8.17. The largest absolute Gasteiger partial charge is 0.391 e. The zero-order valence-electron chi connectivity index (χ0n) is 7.25. The van der Waals surface area contributed by atoms with Crippen LogP contribution in [0.1, 0.15) is 26.2 Å². The second kappa shape index (κ2) is 8.37. The van der Waals surface area contributed by atoms with Crippen LogP contribution in [0.4, 0.5) is 0 Å². The summed E-state index contributed by atoms with van der Waals surface area (Å²) in [5.41, 5.74) is 5.25. The fraction of sp³-hybridized carbons (Fsp3) is 1.00. The minimum Gasteiger partial charge on any atom is -0.391 e. The van der Waals surface area contributed by atoms with Crippen molar-refractivity contribution in [2.24, 2.45) is 5.73 Å². The Morgan fingerprint density at radius 2 is 2.18 bits per heavy atom. The van der Waals surface area contributed by atoms with Crippen LogP contribution >= 0.6 is 11.8 Å². The highest BCUT2D eigenvalue weighted by atomic mass is 32.2. The molecule has 0 bridgehead atoms. The maximum atomic E-state index is 9.07. The zero-order chi connectivity index (χ0) is 8.53. The van der Waals surface area contributed by atoms with E-state index in [4.69, 9.17) is 10.8 Å². The van der Waals surface area contributed by atoms with Crippen molar-refractivity contribution in [2.75, 3.05) is 18.1 Å². The van der Waals surface area contributed by atoms with Crippen LogP contribution in [-0.2, 0) is 0 Å². The summed E-state index contributed by atoms with van der Waals surface area (Å²) in [7, 11) is 0. The molecule has 0 saturated carbocycles. The average molecular weight is 177 g/mol. The Morgan fingerprint density at radius 1 is 1.45 bits per heavy atom. The van der Waals surface area contributed by atoms with Gasteiger partial charge in [-0.1, -0.05) is 19.8 Å². The molecule has 0 aromatic carbocycles. The van der Waals surface area contributed by atoms with E-state index in [0.29, 0.717) is 6.54 Å². The maximum Gasteiger partial charge on any atom is 0.0752 e. The van der Waals surface area contributed by atoms with E-state index in [1.54, 1.807) is 11.8 Å². The average Bonchev–Trinajstić information content (AvgIpc) is 2.04. The maximum absolute atomic E-state index is 9.07. The first-order valence-electron chi connectivity index (χ1n) is 4.27. The molecule has 0 saturated heterocycles. The summed E-state index contributed by atoms with van der Waals surface area (Å²) >= 11 is 1.80. The minimum atomic E-state index is -0.304. The summed E-state index contributed by atoms with van der Waals surface area (Å²) in [6, 6.07) is 0. The highest BCUT2D eigenvalue weighted by molar-refractivity contribution is 7.99. The van der Waals surface area contributed by atoms with Gasteiger partial charge in [0.15, 0.2) is 0 Å². The van der Waals surface area contributed by atoms with E-state index in [1.165, 1.54) is 19.3 Å². The van der Waals surface area contributed by atoms with Gasteiger partial charge in [0.1, 0.15) is 0 Å². The Kier molecular flexibility index (Phi) is 8.57.